The van der Waals surface area contributed by atoms with Gasteiger partial charge in [-0.05, 0) is 25.3 Å². The van der Waals surface area contributed by atoms with E-state index in [-0.39, 0.29) is 11.3 Å². The van der Waals surface area contributed by atoms with E-state index < -0.39 is 11.9 Å². The van der Waals surface area contributed by atoms with Gasteiger partial charge in [0.25, 0.3) is 0 Å². The molecule has 1 rings (SSSR count). The number of carbonyl (C=O) groups excluding carboxylic acids is 2. The molecule has 0 amide bonds. The predicted octanol–water partition coefficient (Wildman–Crippen LogP) is 0.617. The molecule has 0 aromatic heterocycles. The van der Waals surface area contributed by atoms with Gasteiger partial charge in [-0.15, -0.1) is 0 Å². The average molecular weight is 209 g/mol. The summed E-state index contributed by atoms with van der Waals surface area (Å²) < 4.78 is 9.26. The average Bonchev–Trinajstić information content (AvgIpc) is 2.42. The molecule has 5 nitrogen and oxygen atoms in total. The predicted molar refractivity (Wildman–Crippen MR) is 53.3 cm³/mol. The van der Waals surface area contributed by atoms with E-state index in [1.165, 1.54) is 13.2 Å². The van der Waals surface area contributed by atoms with Gasteiger partial charge in [0.15, 0.2) is 5.70 Å². The summed E-state index contributed by atoms with van der Waals surface area (Å²) >= 11 is 0. The fourth-order valence-electron chi connectivity index (χ4n) is 1.19. The van der Waals surface area contributed by atoms with Crippen molar-refractivity contribution in [3.63, 3.8) is 0 Å². The molecule has 0 aromatic carbocycles. The molecule has 0 fully saturated rings. The monoisotopic (exact) mass is 209 g/mol. The topological polar surface area (TPSA) is 65.0 Å². The molecule has 0 N–H and O–H groups in total. The van der Waals surface area contributed by atoms with Gasteiger partial charge in [-0.3, -0.25) is 4.99 Å². The van der Waals surface area contributed by atoms with E-state index in [1.807, 2.05) is 0 Å². The van der Waals surface area contributed by atoms with Gasteiger partial charge in [-0.1, -0.05) is 0 Å². The summed E-state index contributed by atoms with van der Waals surface area (Å²) in [6.07, 6.45) is 1.51. The van der Waals surface area contributed by atoms with Crippen LogP contribution >= 0.6 is 0 Å². The van der Waals surface area contributed by atoms with Crippen LogP contribution in [-0.2, 0) is 19.1 Å². The Morgan fingerprint density at radius 1 is 1.53 bits per heavy atom. The second-order valence-corrected chi connectivity index (χ2v) is 3.02. The molecule has 0 bridgehead atoms. The molecule has 1 heterocycles. The molecule has 0 atom stereocenters. The third kappa shape index (κ3) is 2.38. The van der Waals surface area contributed by atoms with Gasteiger partial charge < -0.3 is 9.47 Å². The van der Waals surface area contributed by atoms with Crippen LogP contribution in [0.25, 0.3) is 0 Å². The molecular weight excluding hydrogens is 198 g/mol. The standard InChI is InChI=1S/C10H11NO4/c1-6(5-14-3)4-7-8(11-2)10(13)15-9(7)12/h4H,2,5H2,1,3H3/b6-4+. The van der Waals surface area contributed by atoms with Crippen molar-refractivity contribution in [2.75, 3.05) is 13.7 Å². The molecule has 0 unspecified atom stereocenters. The highest BCUT2D eigenvalue weighted by Gasteiger charge is 2.31. The van der Waals surface area contributed by atoms with Gasteiger partial charge in [-0.2, -0.15) is 0 Å². The lowest BCUT2D eigenvalue weighted by Crippen LogP contribution is -2.01. The van der Waals surface area contributed by atoms with Gasteiger partial charge in [0.1, 0.15) is 0 Å². The normalized spacial score (nSPS) is 17.1. The SMILES string of the molecule is C=NC1=C(/C=C(\C)COC)C(=O)OC1=O. The first-order valence-corrected chi connectivity index (χ1v) is 4.23. The molecule has 1 aliphatic heterocycles. The van der Waals surface area contributed by atoms with Gasteiger partial charge >= 0.3 is 11.9 Å². The van der Waals surface area contributed by atoms with E-state index in [1.54, 1.807) is 6.92 Å². The van der Waals surface area contributed by atoms with Crippen molar-refractivity contribution in [2.45, 2.75) is 6.92 Å². The number of cyclic esters (lactones) is 2. The highest BCUT2D eigenvalue weighted by Crippen LogP contribution is 2.20. The Morgan fingerprint density at radius 2 is 2.20 bits per heavy atom. The number of hydrogen-bond donors (Lipinski definition) is 0. The number of aliphatic imine (C=N–C) groups is 1. The minimum Gasteiger partial charge on any atom is -0.384 e. The summed E-state index contributed by atoms with van der Waals surface area (Å²) in [7, 11) is 1.54. The number of nitrogens with zero attached hydrogens (tertiary/aromatic N) is 1. The van der Waals surface area contributed by atoms with Crippen LogP contribution < -0.4 is 0 Å². The van der Waals surface area contributed by atoms with Crippen molar-refractivity contribution in [3.8, 4) is 0 Å². The van der Waals surface area contributed by atoms with Crippen LogP contribution in [0.2, 0.25) is 0 Å². The largest absolute Gasteiger partial charge is 0.384 e. The third-order valence-corrected chi connectivity index (χ3v) is 1.77. The van der Waals surface area contributed by atoms with E-state index in [9.17, 15) is 9.59 Å². The fourth-order valence-corrected chi connectivity index (χ4v) is 1.19. The van der Waals surface area contributed by atoms with E-state index in [4.69, 9.17) is 4.74 Å². The first-order chi connectivity index (χ1) is 7.10. The van der Waals surface area contributed by atoms with Crippen LogP contribution in [0.4, 0.5) is 0 Å². The molecule has 0 aliphatic carbocycles. The highest BCUT2D eigenvalue weighted by atomic mass is 16.6. The van der Waals surface area contributed by atoms with Crippen molar-refractivity contribution in [1.29, 1.82) is 0 Å². The number of rotatable bonds is 4. The Kier molecular flexibility index (Phi) is 3.51. The fraction of sp³-hybridized carbons (Fsp3) is 0.300. The molecule has 15 heavy (non-hydrogen) atoms. The lowest BCUT2D eigenvalue weighted by atomic mass is 10.1. The first kappa shape index (κ1) is 11.3. The highest BCUT2D eigenvalue weighted by molar-refractivity contribution is 6.14. The van der Waals surface area contributed by atoms with Crippen molar-refractivity contribution in [1.82, 2.24) is 0 Å². The first-order valence-electron chi connectivity index (χ1n) is 4.23. The van der Waals surface area contributed by atoms with E-state index in [2.05, 4.69) is 16.4 Å². The summed E-state index contributed by atoms with van der Waals surface area (Å²) in [5.41, 5.74) is 0.875. The summed E-state index contributed by atoms with van der Waals surface area (Å²) in [5.74, 6) is -1.45. The maximum atomic E-state index is 11.2. The van der Waals surface area contributed by atoms with Crippen LogP contribution in [-0.4, -0.2) is 32.4 Å². The molecule has 0 spiro atoms. The second kappa shape index (κ2) is 4.65. The van der Waals surface area contributed by atoms with Crippen LogP contribution in [0.15, 0.2) is 27.9 Å². The lowest BCUT2D eigenvalue weighted by molar-refractivity contribution is -0.150. The molecule has 80 valence electrons. The molecule has 1 aliphatic rings. The maximum Gasteiger partial charge on any atom is 0.365 e. The van der Waals surface area contributed by atoms with Gasteiger partial charge in [0.05, 0.1) is 12.2 Å². The Bertz CT molecular complexity index is 379. The number of ether oxygens (including phenoxy) is 2. The zero-order valence-corrected chi connectivity index (χ0v) is 8.57. The smallest absolute Gasteiger partial charge is 0.365 e. The summed E-state index contributed by atoms with van der Waals surface area (Å²) in [6.45, 7) is 5.35. The van der Waals surface area contributed by atoms with Gasteiger partial charge in [0, 0.05) is 7.11 Å². The molecule has 0 saturated heterocycles. The Morgan fingerprint density at radius 3 is 2.73 bits per heavy atom. The molecule has 0 saturated carbocycles. The Hall–Kier alpha value is -1.75. The molecule has 0 radical (unpaired) electrons. The summed E-state index contributed by atoms with van der Waals surface area (Å²) in [5, 5.41) is 0. The summed E-state index contributed by atoms with van der Waals surface area (Å²) in [6, 6.07) is 0. The molecular formula is C10H11NO4. The van der Waals surface area contributed by atoms with Crippen LogP contribution in [0.3, 0.4) is 0 Å². The minimum absolute atomic E-state index is 0.0459. The minimum atomic E-state index is -0.758. The zero-order chi connectivity index (χ0) is 11.4. The van der Waals surface area contributed by atoms with Gasteiger partial charge in [-0.25, -0.2) is 9.59 Å². The van der Waals surface area contributed by atoms with Crippen molar-refractivity contribution < 1.29 is 19.1 Å². The molecule has 0 aromatic rings. The van der Waals surface area contributed by atoms with Crippen molar-refractivity contribution in [3.05, 3.63) is 22.9 Å². The van der Waals surface area contributed by atoms with E-state index in [0.717, 1.165) is 5.57 Å². The molecule has 5 heteroatoms. The quantitative estimate of drug-likeness (QED) is 0.386. The van der Waals surface area contributed by atoms with Gasteiger partial charge in [0.2, 0.25) is 0 Å². The number of esters is 2. The number of carbonyl (C=O) groups is 2. The summed E-state index contributed by atoms with van der Waals surface area (Å²) in [4.78, 5) is 25.8. The van der Waals surface area contributed by atoms with Crippen molar-refractivity contribution >= 4 is 18.7 Å². The van der Waals surface area contributed by atoms with E-state index in [0.29, 0.717) is 6.61 Å². The second-order valence-electron chi connectivity index (χ2n) is 3.02. The lowest BCUT2D eigenvalue weighted by Gasteiger charge is -1.97. The Labute approximate surface area is 87.1 Å². The van der Waals surface area contributed by atoms with Crippen molar-refractivity contribution in [2.24, 2.45) is 4.99 Å². The van der Waals surface area contributed by atoms with Crippen LogP contribution in [0.5, 0.6) is 0 Å². The zero-order valence-electron chi connectivity index (χ0n) is 8.57. The Balaban J connectivity index is 3.05. The third-order valence-electron chi connectivity index (χ3n) is 1.77. The van der Waals surface area contributed by atoms with E-state index >= 15 is 0 Å². The maximum absolute atomic E-state index is 11.2. The van der Waals surface area contributed by atoms with Crippen LogP contribution in [0, 0.1) is 0 Å². The number of methoxy groups -OCH3 is 1. The number of hydrogen-bond acceptors (Lipinski definition) is 5. The van der Waals surface area contributed by atoms with Crippen LogP contribution in [0.1, 0.15) is 6.92 Å².